The zero-order valence-electron chi connectivity index (χ0n) is 9.57. The van der Waals surface area contributed by atoms with Crippen LogP contribution in [0.1, 0.15) is 11.1 Å². The number of rotatable bonds is 4. The van der Waals surface area contributed by atoms with E-state index in [9.17, 15) is 4.39 Å². The number of benzene rings is 1. The van der Waals surface area contributed by atoms with Gasteiger partial charge in [0.25, 0.3) is 5.88 Å². The number of hydrogen-bond donors (Lipinski definition) is 1. The maximum atomic E-state index is 13.8. The van der Waals surface area contributed by atoms with Crippen LogP contribution in [0.5, 0.6) is 5.88 Å². The van der Waals surface area contributed by atoms with Gasteiger partial charge in [0, 0.05) is 23.3 Å². The van der Waals surface area contributed by atoms with Crippen LogP contribution in [-0.4, -0.2) is 4.98 Å². The maximum absolute atomic E-state index is 13.8. The molecule has 1 heterocycles. The van der Waals surface area contributed by atoms with Crippen molar-refractivity contribution in [2.75, 3.05) is 0 Å². The van der Waals surface area contributed by atoms with Crippen molar-refractivity contribution in [3.63, 3.8) is 0 Å². The molecule has 1 aromatic heterocycles. The van der Waals surface area contributed by atoms with Gasteiger partial charge in [0.15, 0.2) is 5.82 Å². The summed E-state index contributed by atoms with van der Waals surface area (Å²) < 4.78 is 19.1. The van der Waals surface area contributed by atoms with Crippen molar-refractivity contribution in [1.29, 1.82) is 0 Å². The monoisotopic (exact) mass is 266 g/mol. The number of pyridine rings is 1. The van der Waals surface area contributed by atoms with E-state index in [1.165, 1.54) is 12.3 Å². The third-order valence-electron chi connectivity index (χ3n) is 2.42. The van der Waals surface area contributed by atoms with E-state index in [0.29, 0.717) is 10.6 Å². The summed E-state index contributed by atoms with van der Waals surface area (Å²) in [5.74, 6) is -0.556. The number of aromatic nitrogens is 1. The smallest absolute Gasteiger partial charge is 0.251 e. The molecule has 0 fully saturated rings. The highest BCUT2D eigenvalue weighted by Gasteiger charge is 2.09. The normalized spacial score (nSPS) is 10.4. The number of nitrogens with zero attached hydrogens (tertiary/aromatic N) is 1. The molecule has 0 bridgehead atoms. The molecule has 0 amide bonds. The third-order valence-corrected chi connectivity index (χ3v) is 2.66. The summed E-state index contributed by atoms with van der Waals surface area (Å²) in [5.41, 5.74) is 6.64. The fraction of sp³-hybridized carbons (Fsp3) is 0.154. The largest absolute Gasteiger partial charge is 0.471 e. The van der Waals surface area contributed by atoms with Crippen molar-refractivity contribution in [3.05, 3.63) is 58.5 Å². The van der Waals surface area contributed by atoms with Crippen LogP contribution in [0.25, 0.3) is 0 Å². The van der Waals surface area contributed by atoms with Gasteiger partial charge >= 0.3 is 0 Å². The van der Waals surface area contributed by atoms with Crippen molar-refractivity contribution in [2.24, 2.45) is 5.73 Å². The molecule has 18 heavy (non-hydrogen) atoms. The molecule has 0 radical (unpaired) electrons. The van der Waals surface area contributed by atoms with E-state index in [1.807, 2.05) is 6.07 Å². The Morgan fingerprint density at radius 2 is 2.17 bits per heavy atom. The first-order chi connectivity index (χ1) is 8.70. The summed E-state index contributed by atoms with van der Waals surface area (Å²) in [7, 11) is 0. The van der Waals surface area contributed by atoms with Crippen LogP contribution >= 0.6 is 11.6 Å². The molecule has 2 rings (SSSR count). The minimum absolute atomic E-state index is 0.0436. The second-order valence-electron chi connectivity index (χ2n) is 3.71. The molecule has 3 nitrogen and oxygen atoms in total. The molecule has 0 aliphatic carbocycles. The molecule has 94 valence electrons. The number of halogens is 2. The zero-order valence-corrected chi connectivity index (χ0v) is 10.3. The average molecular weight is 267 g/mol. The van der Waals surface area contributed by atoms with Gasteiger partial charge in [-0.15, -0.1) is 0 Å². The molecule has 0 aliphatic heterocycles. The first-order valence-electron chi connectivity index (χ1n) is 5.41. The Labute approximate surface area is 109 Å². The summed E-state index contributed by atoms with van der Waals surface area (Å²) in [5, 5.41) is 0.611. The van der Waals surface area contributed by atoms with E-state index in [2.05, 4.69) is 4.98 Å². The molecule has 2 aromatic rings. The number of nitrogens with two attached hydrogens (primary N) is 1. The lowest BCUT2D eigenvalue weighted by molar-refractivity contribution is 0.276. The van der Waals surface area contributed by atoms with Crippen LogP contribution in [-0.2, 0) is 13.2 Å². The van der Waals surface area contributed by atoms with Crippen molar-refractivity contribution in [2.45, 2.75) is 13.2 Å². The quantitative estimate of drug-likeness (QED) is 0.926. The predicted molar refractivity (Wildman–Crippen MR) is 67.9 cm³/mol. The summed E-state index contributed by atoms with van der Waals surface area (Å²) in [4.78, 5) is 3.84. The third kappa shape index (κ3) is 2.97. The van der Waals surface area contributed by atoms with Gasteiger partial charge in [-0.1, -0.05) is 23.7 Å². The molecule has 5 heteroatoms. The van der Waals surface area contributed by atoms with Gasteiger partial charge in [0.2, 0.25) is 0 Å². The molecule has 2 N–H and O–H groups in total. The topological polar surface area (TPSA) is 48.1 Å². The Morgan fingerprint density at radius 1 is 1.33 bits per heavy atom. The fourth-order valence-corrected chi connectivity index (χ4v) is 1.71. The summed E-state index contributed by atoms with van der Waals surface area (Å²) in [6.45, 7) is 0.320. The van der Waals surface area contributed by atoms with Gasteiger partial charge in [-0.25, -0.2) is 9.37 Å². The Hall–Kier alpha value is -1.65. The van der Waals surface area contributed by atoms with Crippen LogP contribution < -0.4 is 10.5 Å². The molecular formula is C13H12ClFN2O. The van der Waals surface area contributed by atoms with E-state index in [0.717, 1.165) is 5.56 Å². The molecule has 0 atom stereocenters. The Kier molecular flexibility index (Phi) is 4.12. The minimum Gasteiger partial charge on any atom is -0.471 e. The van der Waals surface area contributed by atoms with Crippen molar-refractivity contribution in [1.82, 2.24) is 4.98 Å². The SMILES string of the molecule is NCc1ccnc(OCc2cccc(Cl)c2)c1F. The van der Waals surface area contributed by atoms with Crippen molar-refractivity contribution < 1.29 is 9.13 Å². The zero-order chi connectivity index (χ0) is 13.0. The second-order valence-corrected chi connectivity index (χ2v) is 4.15. The van der Waals surface area contributed by atoms with Gasteiger partial charge in [-0.05, 0) is 23.8 Å². The van der Waals surface area contributed by atoms with Crippen molar-refractivity contribution in [3.8, 4) is 5.88 Å². The summed E-state index contributed by atoms with van der Waals surface area (Å²) in [6.07, 6.45) is 1.47. The van der Waals surface area contributed by atoms with Gasteiger partial charge in [-0.3, -0.25) is 0 Å². The van der Waals surface area contributed by atoms with Crippen molar-refractivity contribution >= 4 is 11.6 Å². The van der Waals surface area contributed by atoms with E-state index < -0.39 is 5.82 Å². The summed E-state index contributed by atoms with van der Waals surface area (Å²) >= 11 is 5.84. The Balaban J connectivity index is 2.11. The van der Waals surface area contributed by atoms with Crippen LogP contribution in [0.4, 0.5) is 4.39 Å². The molecule has 1 aromatic carbocycles. The van der Waals surface area contributed by atoms with Gasteiger partial charge in [0.1, 0.15) is 6.61 Å². The molecule has 0 aliphatic rings. The van der Waals surface area contributed by atoms with Crippen LogP contribution in [0.2, 0.25) is 5.02 Å². The lowest BCUT2D eigenvalue weighted by Gasteiger charge is -2.08. The van der Waals surface area contributed by atoms with Crippen LogP contribution in [0, 0.1) is 5.82 Å². The Bertz CT molecular complexity index is 548. The Morgan fingerprint density at radius 3 is 2.89 bits per heavy atom. The average Bonchev–Trinajstić information content (AvgIpc) is 2.38. The van der Waals surface area contributed by atoms with E-state index in [1.54, 1.807) is 18.2 Å². The molecule has 0 spiro atoms. The minimum atomic E-state index is -0.512. The van der Waals surface area contributed by atoms with E-state index in [4.69, 9.17) is 22.1 Å². The summed E-state index contributed by atoms with van der Waals surface area (Å²) in [6, 6.07) is 8.70. The predicted octanol–water partition coefficient (Wildman–Crippen LogP) is 2.91. The lowest BCUT2D eigenvalue weighted by atomic mass is 10.2. The number of ether oxygens (including phenoxy) is 1. The lowest BCUT2D eigenvalue weighted by Crippen LogP contribution is -2.05. The maximum Gasteiger partial charge on any atom is 0.251 e. The molecule has 0 saturated heterocycles. The highest BCUT2D eigenvalue weighted by Crippen LogP contribution is 2.19. The molecule has 0 saturated carbocycles. The van der Waals surface area contributed by atoms with Crippen LogP contribution in [0.3, 0.4) is 0 Å². The van der Waals surface area contributed by atoms with Gasteiger partial charge in [0.05, 0.1) is 0 Å². The van der Waals surface area contributed by atoms with E-state index in [-0.39, 0.29) is 19.0 Å². The second kappa shape index (κ2) is 5.80. The first kappa shape index (κ1) is 12.8. The fourth-order valence-electron chi connectivity index (χ4n) is 1.50. The van der Waals surface area contributed by atoms with E-state index >= 15 is 0 Å². The highest BCUT2D eigenvalue weighted by atomic mass is 35.5. The van der Waals surface area contributed by atoms with Gasteiger partial charge in [-0.2, -0.15) is 0 Å². The van der Waals surface area contributed by atoms with Gasteiger partial charge < -0.3 is 10.5 Å². The number of hydrogen-bond acceptors (Lipinski definition) is 3. The molecule has 0 unspecified atom stereocenters. The molecular weight excluding hydrogens is 255 g/mol. The van der Waals surface area contributed by atoms with Crippen LogP contribution in [0.15, 0.2) is 36.5 Å². The highest BCUT2D eigenvalue weighted by molar-refractivity contribution is 6.30. The first-order valence-corrected chi connectivity index (χ1v) is 5.79. The standard InChI is InChI=1S/C13H12ClFN2O/c14-11-3-1-2-9(6-11)8-18-13-12(15)10(7-16)4-5-17-13/h1-6H,7-8,16H2.